The van der Waals surface area contributed by atoms with Crippen molar-refractivity contribution in [1.29, 1.82) is 0 Å². The molecule has 1 aromatic carbocycles. The maximum Gasteiger partial charge on any atom is 0.0496 e. The molecule has 0 aliphatic heterocycles. The van der Waals surface area contributed by atoms with Crippen LogP contribution in [0.2, 0.25) is 0 Å². The third kappa shape index (κ3) is 3.56. The van der Waals surface area contributed by atoms with E-state index in [9.17, 15) is 0 Å². The van der Waals surface area contributed by atoms with E-state index in [2.05, 4.69) is 59.1 Å². The summed E-state index contributed by atoms with van der Waals surface area (Å²) in [6.45, 7) is 3.34. The molecule has 1 aromatic rings. The summed E-state index contributed by atoms with van der Waals surface area (Å²) < 4.78 is 1.12. The second-order valence-electron chi connectivity index (χ2n) is 5.45. The van der Waals surface area contributed by atoms with E-state index < -0.39 is 0 Å². The van der Waals surface area contributed by atoms with Crippen LogP contribution >= 0.6 is 15.9 Å². The molecule has 18 heavy (non-hydrogen) atoms. The van der Waals surface area contributed by atoms with Crippen molar-refractivity contribution in [3.05, 3.63) is 34.3 Å². The zero-order valence-electron chi connectivity index (χ0n) is 11.3. The van der Waals surface area contributed by atoms with Gasteiger partial charge in [-0.15, -0.1) is 0 Å². The van der Waals surface area contributed by atoms with Crippen LogP contribution in [0.15, 0.2) is 28.7 Å². The van der Waals surface area contributed by atoms with E-state index in [1.54, 1.807) is 0 Å². The molecule has 0 bridgehead atoms. The van der Waals surface area contributed by atoms with Gasteiger partial charge in [0, 0.05) is 23.1 Å². The second kappa shape index (κ2) is 6.18. The summed E-state index contributed by atoms with van der Waals surface area (Å²) in [5.41, 5.74) is 7.66. The molecule has 1 aliphatic rings. The van der Waals surface area contributed by atoms with E-state index in [1.807, 2.05) is 0 Å². The van der Waals surface area contributed by atoms with Crippen molar-refractivity contribution < 1.29 is 0 Å². The van der Waals surface area contributed by atoms with Gasteiger partial charge in [-0.2, -0.15) is 0 Å². The number of benzene rings is 1. The van der Waals surface area contributed by atoms with Crippen LogP contribution in [0, 0.1) is 5.92 Å². The first-order chi connectivity index (χ1) is 8.61. The Labute approximate surface area is 119 Å². The molecular weight excluding hydrogens is 288 g/mol. The SMILES string of the molecule is CCC(N)C(c1ccc(Br)cc1)N(C)CC1CC1. The van der Waals surface area contributed by atoms with Crippen molar-refractivity contribution in [2.45, 2.75) is 38.3 Å². The average Bonchev–Trinajstić information content (AvgIpc) is 3.15. The highest BCUT2D eigenvalue weighted by Gasteiger charge is 2.29. The number of likely N-dealkylation sites (N-methyl/N-ethyl adjacent to an activating group) is 1. The van der Waals surface area contributed by atoms with E-state index >= 15 is 0 Å². The first-order valence-corrected chi connectivity index (χ1v) is 7.62. The zero-order valence-corrected chi connectivity index (χ0v) is 12.9. The number of hydrogen-bond donors (Lipinski definition) is 1. The van der Waals surface area contributed by atoms with Crippen LogP contribution in [0.4, 0.5) is 0 Å². The summed E-state index contributed by atoms with van der Waals surface area (Å²) in [6.07, 6.45) is 3.78. The Morgan fingerprint density at radius 2 is 1.94 bits per heavy atom. The van der Waals surface area contributed by atoms with Gasteiger partial charge in [-0.05, 0) is 49.9 Å². The number of nitrogens with zero attached hydrogens (tertiary/aromatic N) is 1. The molecule has 2 atom stereocenters. The highest BCUT2D eigenvalue weighted by Crippen LogP contribution is 2.33. The number of nitrogens with two attached hydrogens (primary N) is 1. The highest BCUT2D eigenvalue weighted by atomic mass is 79.9. The minimum absolute atomic E-state index is 0.204. The Bertz CT molecular complexity index is 373. The van der Waals surface area contributed by atoms with Gasteiger partial charge in [-0.25, -0.2) is 0 Å². The van der Waals surface area contributed by atoms with Gasteiger partial charge in [-0.3, -0.25) is 4.90 Å². The molecule has 0 aromatic heterocycles. The maximum absolute atomic E-state index is 6.33. The van der Waals surface area contributed by atoms with Crippen LogP contribution in [0.3, 0.4) is 0 Å². The molecule has 2 rings (SSSR count). The molecule has 0 amide bonds. The van der Waals surface area contributed by atoms with Crippen LogP contribution in [0.25, 0.3) is 0 Å². The predicted octanol–water partition coefficient (Wildman–Crippen LogP) is 3.57. The van der Waals surface area contributed by atoms with Gasteiger partial charge >= 0.3 is 0 Å². The van der Waals surface area contributed by atoms with E-state index in [1.165, 1.54) is 24.9 Å². The summed E-state index contributed by atoms with van der Waals surface area (Å²) in [5.74, 6) is 0.900. The molecule has 0 spiro atoms. The molecule has 0 heterocycles. The van der Waals surface area contributed by atoms with Gasteiger partial charge in [0.05, 0.1) is 0 Å². The fourth-order valence-electron chi connectivity index (χ4n) is 2.53. The van der Waals surface area contributed by atoms with Crippen molar-refractivity contribution in [3.8, 4) is 0 Å². The minimum atomic E-state index is 0.204. The second-order valence-corrected chi connectivity index (χ2v) is 6.37. The molecule has 2 unspecified atom stereocenters. The van der Waals surface area contributed by atoms with Crippen molar-refractivity contribution in [1.82, 2.24) is 4.90 Å². The Morgan fingerprint density at radius 3 is 2.44 bits per heavy atom. The van der Waals surface area contributed by atoms with Crippen LogP contribution in [-0.2, 0) is 0 Å². The molecule has 100 valence electrons. The van der Waals surface area contributed by atoms with E-state index in [0.29, 0.717) is 6.04 Å². The Balaban J connectivity index is 2.14. The topological polar surface area (TPSA) is 29.3 Å². The molecular formula is C15H23BrN2. The average molecular weight is 311 g/mol. The zero-order chi connectivity index (χ0) is 13.1. The predicted molar refractivity (Wildman–Crippen MR) is 80.5 cm³/mol. The van der Waals surface area contributed by atoms with Gasteiger partial charge < -0.3 is 5.73 Å². The summed E-state index contributed by atoms with van der Waals surface area (Å²) >= 11 is 3.49. The quantitative estimate of drug-likeness (QED) is 0.870. The fourth-order valence-corrected chi connectivity index (χ4v) is 2.80. The summed E-state index contributed by atoms with van der Waals surface area (Å²) in [5, 5.41) is 0. The Morgan fingerprint density at radius 1 is 1.33 bits per heavy atom. The lowest BCUT2D eigenvalue weighted by atomic mass is 9.96. The maximum atomic E-state index is 6.33. The Hall–Kier alpha value is -0.380. The minimum Gasteiger partial charge on any atom is -0.326 e. The monoisotopic (exact) mass is 310 g/mol. The van der Waals surface area contributed by atoms with Crippen molar-refractivity contribution in [3.63, 3.8) is 0 Å². The highest BCUT2D eigenvalue weighted by molar-refractivity contribution is 9.10. The normalized spacial score (nSPS) is 18.9. The van der Waals surface area contributed by atoms with Crippen molar-refractivity contribution >= 4 is 15.9 Å². The van der Waals surface area contributed by atoms with Crippen LogP contribution < -0.4 is 5.73 Å². The summed E-state index contributed by atoms with van der Waals surface area (Å²) in [6, 6.07) is 9.13. The third-order valence-corrected chi connectivity index (χ3v) is 4.34. The molecule has 3 heteroatoms. The van der Waals surface area contributed by atoms with E-state index in [-0.39, 0.29) is 6.04 Å². The number of rotatable bonds is 6. The standard InChI is InChI=1S/C15H23BrN2/c1-3-14(17)15(18(2)10-11-4-5-11)12-6-8-13(16)9-7-12/h6-9,11,14-15H,3-5,10,17H2,1-2H3. The van der Waals surface area contributed by atoms with Crippen LogP contribution in [0.5, 0.6) is 0 Å². The molecule has 0 saturated heterocycles. The molecule has 2 N–H and O–H groups in total. The number of halogens is 1. The first-order valence-electron chi connectivity index (χ1n) is 6.83. The lowest BCUT2D eigenvalue weighted by Crippen LogP contribution is -2.39. The van der Waals surface area contributed by atoms with Gasteiger partial charge in [0.2, 0.25) is 0 Å². The molecule has 1 fully saturated rings. The van der Waals surface area contributed by atoms with Gasteiger partial charge in [-0.1, -0.05) is 35.0 Å². The molecule has 0 radical (unpaired) electrons. The van der Waals surface area contributed by atoms with Crippen LogP contribution in [-0.4, -0.2) is 24.5 Å². The van der Waals surface area contributed by atoms with E-state index in [4.69, 9.17) is 5.73 Å². The number of hydrogen-bond acceptors (Lipinski definition) is 2. The van der Waals surface area contributed by atoms with Crippen molar-refractivity contribution in [2.24, 2.45) is 11.7 Å². The largest absolute Gasteiger partial charge is 0.326 e. The van der Waals surface area contributed by atoms with E-state index in [0.717, 1.165) is 16.8 Å². The Kier molecular flexibility index (Phi) is 4.82. The lowest BCUT2D eigenvalue weighted by Gasteiger charge is -2.33. The first kappa shape index (κ1) is 14.0. The van der Waals surface area contributed by atoms with Gasteiger partial charge in [0.25, 0.3) is 0 Å². The lowest BCUT2D eigenvalue weighted by molar-refractivity contribution is 0.202. The molecule has 1 saturated carbocycles. The van der Waals surface area contributed by atoms with Gasteiger partial charge in [0.15, 0.2) is 0 Å². The smallest absolute Gasteiger partial charge is 0.0496 e. The summed E-state index contributed by atoms with van der Waals surface area (Å²) in [4.78, 5) is 2.44. The van der Waals surface area contributed by atoms with Crippen LogP contribution in [0.1, 0.15) is 37.8 Å². The third-order valence-electron chi connectivity index (χ3n) is 3.81. The fraction of sp³-hybridized carbons (Fsp3) is 0.600. The van der Waals surface area contributed by atoms with Crippen molar-refractivity contribution in [2.75, 3.05) is 13.6 Å². The van der Waals surface area contributed by atoms with Gasteiger partial charge in [0.1, 0.15) is 0 Å². The summed E-state index contributed by atoms with van der Waals surface area (Å²) in [7, 11) is 2.21. The molecule has 1 aliphatic carbocycles. The molecule has 2 nitrogen and oxygen atoms in total.